The van der Waals surface area contributed by atoms with E-state index in [1.165, 1.54) is 0 Å². The number of carbonyl (C=O) groups excluding carboxylic acids is 1. The molecule has 1 heterocycles. The molecule has 0 amide bonds. The summed E-state index contributed by atoms with van der Waals surface area (Å²) in [6, 6.07) is 7.84. The normalized spacial score (nSPS) is 31.6. The first-order valence-corrected chi connectivity index (χ1v) is 5.74. The van der Waals surface area contributed by atoms with Crippen LogP contribution in [-0.2, 0) is 4.79 Å². The molecule has 0 unspecified atom stereocenters. The molecule has 1 aliphatic carbocycles. The predicted molar refractivity (Wildman–Crippen MR) is 61.2 cm³/mol. The lowest BCUT2D eigenvalue weighted by molar-refractivity contribution is -0.142. The van der Waals surface area contributed by atoms with Crippen LogP contribution in [0, 0.1) is 11.8 Å². The third-order valence-corrected chi connectivity index (χ3v) is 3.61. The fraction of sp³-hybridized carbons (Fsp3) is 0.357. The summed E-state index contributed by atoms with van der Waals surface area (Å²) in [7, 11) is 0. The maximum atomic E-state index is 11.9. The smallest absolute Gasteiger partial charge is 0.315 e. The minimum absolute atomic E-state index is 0.0000926. The summed E-state index contributed by atoms with van der Waals surface area (Å²) >= 11 is 0. The molecule has 82 valence electrons. The number of benzene rings is 1. The van der Waals surface area contributed by atoms with E-state index in [9.17, 15) is 4.79 Å². The molecule has 1 aromatic carbocycles. The molecule has 1 aromatic rings. The van der Waals surface area contributed by atoms with Gasteiger partial charge in [-0.3, -0.25) is 4.79 Å². The Kier molecular flexibility index (Phi) is 2.10. The molecule has 0 saturated carbocycles. The van der Waals surface area contributed by atoms with Gasteiger partial charge in [0.05, 0.1) is 5.92 Å². The Morgan fingerprint density at radius 2 is 2.12 bits per heavy atom. The van der Waals surface area contributed by atoms with Crippen molar-refractivity contribution in [3.8, 4) is 5.75 Å². The Morgan fingerprint density at radius 1 is 1.31 bits per heavy atom. The maximum absolute atomic E-state index is 11.9. The highest BCUT2D eigenvalue weighted by Gasteiger charge is 2.40. The number of fused-ring (bicyclic) bond motifs is 3. The summed E-state index contributed by atoms with van der Waals surface area (Å²) in [5.41, 5.74) is 1.15. The van der Waals surface area contributed by atoms with Crippen LogP contribution in [0.25, 0.3) is 0 Å². The Morgan fingerprint density at radius 3 is 3.00 bits per heavy atom. The van der Waals surface area contributed by atoms with Gasteiger partial charge in [0, 0.05) is 11.5 Å². The molecule has 0 fully saturated rings. The first-order chi connectivity index (χ1) is 7.77. The van der Waals surface area contributed by atoms with Crippen molar-refractivity contribution < 1.29 is 9.53 Å². The Balaban J connectivity index is 2.13. The van der Waals surface area contributed by atoms with Gasteiger partial charge in [0.15, 0.2) is 0 Å². The summed E-state index contributed by atoms with van der Waals surface area (Å²) in [6.45, 7) is 2.12. The molecule has 0 radical (unpaired) electrons. The molecule has 0 aromatic heterocycles. The molecule has 2 nitrogen and oxygen atoms in total. The van der Waals surface area contributed by atoms with Gasteiger partial charge in [0.25, 0.3) is 0 Å². The molecule has 0 bridgehead atoms. The summed E-state index contributed by atoms with van der Waals surface area (Å²) in [6.07, 6.45) is 5.31. The predicted octanol–water partition coefficient (Wildman–Crippen LogP) is 2.90. The number of esters is 1. The van der Waals surface area contributed by atoms with Crippen molar-refractivity contribution in [2.24, 2.45) is 11.8 Å². The first kappa shape index (κ1) is 9.64. The van der Waals surface area contributed by atoms with Crippen molar-refractivity contribution in [3.63, 3.8) is 0 Å². The lowest BCUT2D eigenvalue weighted by atomic mass is 9.72. The van der Waals surface area contributed by atoms with Gasteiger partial charge in [0.2, 0.25) is 0 Å². The summed E-state index contributed by atoms with van der Waals surface area (Å²) in [4.78, 5) is 11.9. The molecular weight excluding hydrogens is 200 g/mol. The van der Waals surface area contributed by atoms with Crippen molar-refractivity contribution in [1.82, 2.24) is 0 Å². The van der Waals surface area contributed by atoms with Gasteiger partial charge in [-0.15, -0.1) is 0 Å². The van der Waals surface area contributed by atoms with Crippen LogP contribution in [0.2, 0.25) is 0 Å². The topological polar surface area (TPSA) is 26.3 Å². The monoisotopic (exact) mass is 214 g/mol. The Bertz CT molecular complexity index is 462. The summed E-state index contributed by atoms with van der Waals surface area (Å²) in [5, 5.41) is 0. The average molecular weight is 214 g/mol. The number of hydrogen-bond donors (Lipinski definition) is 0. The summed E-state index contributed by atoms with van der Waals surface area (Å²) in [5.74, 6) is 1.24. The third-order valence-electron chi connectivity index (χ3n) is 3.61. The lowest BCUT2D eigenvalue weighted by Gasteiger charge is -2.35. The highest BCUT2D eigenvalue weighted by Crippen LogP contribution is 2.44. The van der Waals surface area contributed by atoms with Gasteiger partial charge >= 0.3 is 5.97 Å². The van der Waals surface area contributed by atoms with Crippen molar-refractivity contribution in [3.05, 3.63) is 42.0 Å². The minimum atomic E-state index is -0.0689. The number of carbonyl (C=O) groups is 1. The maximum Gasteiger partial charge on any atom is 0.315 e. The molecule has 16 heavy (non-hydrogen) atoms. The van der Waals surface area contributed by atoms with E-state index in [0.717, 1.165) is 17.7 Å². The standard InChI is InChI=1S/C14H14O2/c1-9-5-4-7-11-10-6-2-3-8-12(10)16-14(15)13(9)11/h2-4,6-9,11,13H,5H2,1H3/t9-,11+,13+/m0/s1. The summed E-state index contributed by atoms with van der Waals surface area (Å²) < 4.78 is 5.40. The Hall–Kier alpha value is -1.57. The quantitative estimate of drug-likeness (QED) is 0.377. The second-order valence-corrected chi connectivity index (χ2v) is 4.65. The fourth-order valence-electron chi connectivity index (χ4n) is 2.76. The van der Waals surface area contributed by atoms with E-state index in [-0.39, 0.29) is 17.8 Å². The van der Waals surface area contributed by atoms with Gasteiger partial charge in [-0.25, -0.2) is 0 Å². The number of ether oxygens (including phenoxy) is 1. The molecule has 1 aliphatic heterocycles. The van der Waals surface area contributed by atoms with E-state index in [0.29, 0.717) is 5.92 Å². The highest BCUT2D eigenvalue weighted by atomic mass is 16.5. The number of hydrogen-bond acceptors (Lipinski definition) is 2. The van der Waals surface area contributed by atoms with Gasteiger partial charge in [-0.05, 0) is 18.4 Å². The lowest BCUT2D eigenvalue weighted by Crippen LogP contribution is -2.36. The van der Waals surface area contributed by atoms with E-state index in [1.807, 2.05) is 18.2 Å². The van der Waals surface area contributed by atoms with Crippen LogP contribution in [0.15, 0.2) is 36.4 Å². The van der Waals surface area contributed by atoms with Gasteiger partial charge < -0.3 is 4.74 Å². The van der Waals surface area contributed by atoms with Crippen LogP contribution in [0.5, 0.6) is 5.75 Å². The van der Waals surface area contributed by atoms with Crippen LogP contribution in [-0.4, -0.2) is 5.97 Å². The van der Waals surface area contributed by atoms with Crippen LogP contribution in [0.3, 0.4) is 0 Å². The molecule has 0 saturated heterocycles. The number of rotatable bonds is 0. The van der Waals surface area contributed by atoms with Crippen LogP contribution < -0.4 is 4.74 Å². The number of para-hydroxylation sites is 1. The molecule has 2 heteroatoms. The third kappa shape index (κ3) is 1.29. The zero-order valence-corrected chi connectivity index (χ0v) is 9.22. The highest BCUT2D eigenvalue weighted by molar-refractivity contribution is 5.80. The van der Waals surface area contributed by atoms with Crippen molar-refractivity contribution in [1.29, 1.82) is 0 Å². The van der Waals surface area contributed by atoms with Gasteiger partial charge in [-0.1, -0.05) is 37.3 Å². The van der Waals surface area contributed by atoms with E-state index in [1.54, 1.807) is 0 Å². The van der Waals surface area contributed by atoms with Crippen LogP contribution in [0.4, 0.5) is 0 Å². The molecular formula is C14H14O2. The minimum Gasteiger partial charge on any atom is -0.426 e. The molecule has 2 aliphatic rings. The van der Waals surface area contributed by atoms with Crippen LogP contribution >= 0.6 is 0 Å². The zero-order valence-electron chi connectivity index (χ0n) is 9.22. The molecule has 0 spiro atoms. The Labute approximate surface area is 94.9 Å². The second-order valence-electron chi connectivity index (χ2n) is 4.65. The van der Waals surface area contributed by atoms with Gasteiger partial charge in [-0.2, -0.15) is 0 Å². The van der Waals surface area contributed by atoms with E-state index >= 15 is 0 Å². The molecule has 3 atom stereocenters. The van der Waals surface area contributed by atoms with E-state index < -0.39 is 0 Å². The largest absolute Gasteiger partial charge is 0.426 e. The average Bonchev–Trinajstić information content (AvgIpc) is 2.29. The number of allylic oxidation sites excluding steroid dienone is 2. The second kappa shape index (κ2) is 3.48. The van der Waals surface area contributed by atoms with Crippen molar-refractivity contribution >= 4 is 5.97 Å². The van der Waals surface area contributed by atoms with Crippen LogP contribution in [0.1, 0.15) is 24.8 Å². The van der Waals surface area contributed by atoms with Crippen molar-refractivity contribution in [2.45, 2.75) is 19.3 Å². The van der Waals surface area contributed by atoms with Crippen molar-refractivity contribution in [2.75, 3.05) is 0 Å². The molecule has 0 N–H and O–H groups in total. The molecule has 3 rings (SSSR count). The SMILES string of the molecule is C[C@H]1CC=C[C@@H]2c3ccccc3OC(=O)[C@@H]21. The zero-order chi connectivity index (χ0) is 11.1. The fourth-order valence-corrected chi connectivity index (χ4v) is 2.76. The van der Waals surface area contributed by atoms with E-state index in [4.69, 9.17) is 4.74 Å². The first-order valence-electron chi connectivity index (χ1n) is 5.74. The van der Waals surface area contributed by atoms with Gasteiger partial charge in [0.1, 0.15) is 5.75 Å². The van der Waals surface area contributed by atoms with E-state index in [2.05, 4.69) is 25.1 Å².